The Bertz CT molecular complexity index is 1000. The van der Waals surface area contributed by atoms with Crippen molar-refractivity contribution in [1.29, 1.82) is 0 Å². The van der Waals surface area contributed by atoms with E-state index in [1.807, 2.05) is 36.7 Å². The first-order valence-electron chi connectivity index (χ1n) is 9.26. The van der Waals surface area contributed by atoms with E-state index in [4.69, 9.17) is 4.74 Å². The predicted octanol–water partition coefficient (Wildman–Crippen LogP) is 3.47. The Labute approximate surface area is 172 Å². The monoisotopic (exact) mass is 412 g/mol. The zero-order valence-corrected chi connectivity index (χ0v) is 16.8. The third kappa shape index (κ3) is 4.10. The molecule has 8 nitrogen and oxygen atoms in total. The number of nitro benzene ring substituents is 1. The van der Waals surface area contributed by atoms with Crippen molar-refractivity contribution in [1.82, 2.24) is 9.47 Å². The van der Waals surface area contributed by atoms with E-state index in [1.54, 1.807) is 18.2 Å². The van der Waals surface area contributed by atoms with Crippen LogP contribution in [0.3, 0.4) is 0 Å². The Morgan fingerprint density at radius 3 is 2.55 bits per heavy atom. The lowest BCUT2D eigenvalue weighted by Gasteiger charge is -2.35. The van der Waals surface area contributed by atoms with Crippen molar-refractivity contribution in [2.75, 3.05) is 13.1 Å². The SMILES string of the molecule is CC1CN(C2=NC(=O)/C(=C/c3cccn3-c3ccc([N+](=O)[O-])cc3)S2)CC(C)O1. The summed E-state index contributed by atoms with van der Waals surface area (Å²) in [5.74, 6) is -0.256. The Kier molecular flexibility index (Phi) is 5.25. The zero-order chi connectivity index (χ0) is 20.5. The number of nitro groups is 1. The minimum absolute atomic E-state index is 0.0364. The number of morpholine rings is 1. The summed E-state index contributed by atoms with van der Waals surface area (Å²) in [5, 5.41) is 11.6. The molecule has 0 spiro atoms. The van der Waals surface area contributed by atoms with Gasteiger partial charge >= 0.3 is 0 Å². The number of nitrogens with zero attached hydrogens (tertiary/aromatic N) is 4. The maximum absolute atomic E-state index is 12.5. The zero-order valence-electron chi connectivity index (χ0n) is 16.0. The van der Waals surface area contributed by atoms with E-state index in [0.717, 1.165) is 11.4 Å². The molecule has 1 fully saturated rings. The van der Waals surface area contributed by atoms with E-state index in [9.17, 15) is 14.9 Å². The highest BCUT2D eigenvalue weighted by Crippen LogP contribution is 2.32. The summed E-state index contributed by atoms with van der Waals surface area (Å²) in [6, 6.07) is 10.0. The third-order valence-corrected chi connectivity index (χ3v) is 5.74. The molecule has 9 heteroatoms. The fraction of sp³-hybridized carbons (Fsp3) is 0.300. The number of hydrogen-bond acceptors (Lipinski definition) is 6. The fourth-order valence-corrected chi connectivity index (χ4v) is 4.40. The van der Waals surface area contributed by atoms with Crippen LogP contribution in [0, 0.1) is 10.1 Å². The second-order valence-corrected chi connectivity index (χ2v) is 8.06. The van der Waals surface area contributed by atoms with Gasteiger partial charge in [-0.15, -0.1) is 0 Å². The molecule has 2 aliphatic rings. The van der Waals surface area contributed by atoms with E-state index >= 15 is 0 Å². The van der Waals surface area contributed by atoms with Crippen molar-refractivity contribution in [3.63, 3.8) is 0 Å². The number of benzene rings is 1. The first-order valence-corrected chi connectivity index (χ1v) is 10.1. The van der Waals surface area contributed by atoms with Crippen LogP contribution in [-0.4, -0.2) is 50.8 Å². The number of aliphatic imine (C=N–C) groups is 1. The van der Waals surface area contributed by atoms with Crippen molar-refractivity contribution in [2.24, 2.45) is 4.99 Å². The van der Waals surface area contributed by atoms with Gasteiger partial charge in [0.25, 0.3) is 11.6 Å². The van der Waals surface area contributed by atoms with Crippen molar-refractivity contribution in [3.8, 4) is 5.69 Å². The molecular weight excluding hydrogens is 392 g/mol. The number of carbonyl (C=O) groups is 1. The average molecular weight is 412 g/mol. The van der Waals surface area contributed by atoms with E-state index in [2.05, 4.69) is 9.89 Å². The number of rotatable bonds is 3. The second kappa shape index (κ2) is 7.84. The number of aromatic nitrogens is 1. The summed E-state index contributed by atoms with van der Waals surface area (Å²) in [5.41, 5.74) is 1.61. The van der Waals surface area contributed by atoms with E-state index < -0.39 is 4.92 Å². The lowest BCUT2D eigenvalue weighted by Crippen LogP contribution is -2.47. The van der Waals surface area contributed by atoms with Gasteiger partial charge in [0.05, 0.1) is 22.0 Å². The highest BCUT2D eigenvalue weighted by atomic mass is 32.2. The van der Waals surface area contributed by atoms with Gasteiger partial charge in [0.15, 0.2) is 5.17 Å². The first-order chi connectivity index (χ1) is 13.9. The van der Waals surface area contributed by atoms with Crippen molar-refractivity contribution in [2.45, 2.75) is 26.1 Å². The maximum atomic E-state index is 12.5. The van der Waals surface area contributed by atoms with Gasteiger partial charge in [0.1, 0.15) is 0 Å². The third-order valence-electron chi connectivity index (χ3n) is 4.70. The fourth-order valence-electron chi connectivity index (χ4n) is 3.48. The summed E-state index contributed by atoms with van der Waals surface area (Å²) in [6.07, 6.45) is 3.83. The van der Waals surface area contributed by atoms with Crippen LogP contribution in [0.5, 0.6) is 0 Å². The Morgan fingerprint density at radius 2 is 1.90 bits per heavy atom. The number of ether oxygens (including phenoxy) is 1. The number of thioether (sulfide) groups is 1. The van der Waals surface area contributed by atoms with E-state index in [-0.39, 0.29) is 23.8 Å². The van der Waals surface area contributed by atoms with Crippen LogP contribution >= 0.6 is 11.8 Å². The van der Waals surface area contributed by atoms with Crippen LogP contribution in [0.2, 0.25) is 0 Å². The first kappa shape index (κ1) is 19.4. The molecule has 0 bridgehead atoms. The van der Waals surface area contributed by atoms with Crippen molar-refractivity contribution in [3.05, 3.63) is 63.3 Å². The van der Waals surface area contributed by atoms with Gasteiger partial charge in [-0.2, -0.15) is 4.99 Å². The number of amidine groups is 1. The Hall–Kier alpha value is -2.91. The van der Waals surface area contributed by atoms with E-state index in [1.165, 1.54) is 23.9 Å². The second-order valence-electron chi connectivity index (χ2n) is 7.05. The largest absolute Gasteiger partial charge is 0.372 e. The molecule has 2 aliphatic heterocycles. The summed E-state index contributed by atoms with van der Waals surface area (Å²) in [6.45, 7) is 5.43. The molecule has 0 saturated carbocycles. The number of hydrogen-bond donors (Lipinski definition) is 0. The molecule has 2 unspecified atom stereocenters. The topological polar surface area (TPSA) is 90.0 Å². The summed E-state index contributed by atoms with van der Waals surface area (Å²) >= 11 is 1.37. The van der Waals surface area contributed by atoms with Crippen LogP contribution in [0.4, 0.5) is 5.69 Å². The van der Waals surface area contributed by atoms with Gasteiger partial charge in [0, 0.05) is 42.8 Å². The van der Waals surface area contributed by atoms with Crippen LogP contribution in [0.25, 0.3) is 11.8 Å². The van der Waals surface area contributed by atoms with Gasteiger partial charge < -0.3 is 14.2 Å². The van der Waals surface area contributed by atoms with Gasteiger partial charge in [-0.1, -0.05) is 0 Å². The molecule has 2 atom stereocenters. The number of carbonyl (C=O) groups excluding carboxylic acids is 1. The molecule has 1 saturated heterocycles. The van der Waals surface area contributed by atoms with Crippen LogP contribution < -0.4 is 0 Å². The van der Waals surface area contributed by atoms with E-state index in [0.29, 0.717) is 23.2 Å². The number of amides is 1. The lowest BCUT2D eigenvalue weighted by molar-refractivity contribution is -0.384. The smallest absolute Gasteiger partial charge is 0.286 e. The van der Waals surface area contributed by atoms with Crippen LogP contribution in [0.1, 0.15) is 19.5 Å². The summed E-state index contributed by atoms with van der Waals surface area (Å²) < 4.78 is 7.63. The highest BCUT2D eigenvalue weighted by molar-refractivity contribution is 8.18. The lowest BCUT2D eigenvalue weighted by atomic mass is 10.2. The number of non-ortho nitro benzene ring substituents is 1. The quantitative estimate of drug-likeness (QED) is 0.436. The van der Waals surface area contributed by atoms with Gasteiger partial charge in [0.2, 0.25) is 0 Å². The average Bonchev–Trinajstić information content (AvgIpc) is 3.28. The molecule has 0 aliphatic carbocycles. The van der Waals surface area contributed by atoms with Gasteiger partial charge in [-0.05, 0) is 56.0 Å². The van der Waals surface area contributed by atoms with Crippen molar-refractivity contribution >= 4 is 34.6 Å². The maximum Gasteiger partial charge on any atom is 0.286 e. The molecule has 0 radical (unpaired) electrons. The molecule has 1 amide bonds. The molecule has 29 heavy (non-hydrogen) atoms. The molecule has 0 N–H and O–H groups in total. The van der Waals surface area contributed by atoms with Crippen LogP contribution in [0.15, 0.2) is 52.5 Å². The molecule has 2 aromatic rings. The minimum atomic E-state index is -0.428. The van der Waals surface area contributed by atoms with Crippen molar-refractivity contribution < 1.29 is 14.5 Å². The standard InChI is InChI=1S/C20H20N4O4S/c1-13-11-22(12-14(2)28-13)20-21-19(25)18(29-20)10-17-4-3-9-23(17)15-5-7-16(8-6-15)24(26)27/h3-10,13-14H,11-12H2,1-2H3/b18-10-. The summed E-state index contributed by atoms with van der Waals surface area (Å²) in [4.78, 5) is 29.8. The Balaban J connectivity index is 1.55. The molecular formula is C20H20N4O4S. The Morgan fingerprint density at radius 1 is 1.21 bits per heavy atom. The highest BCUT2D eigenvalue weighted by Gasteiger charge is 2.31. The molecule has 1 aromatic carbocycles. The summed E-state index contributed by atoms with van der Waals surface area (Å²) in [7, 11) is 0. The normalized spacial score (nSPS) is 23.5. The minimum Gasteiger partial charge on any atom is -0.372 e. The molecule has 150 valence electrons. The predicted molar refractivity (Wildman–Crippen MR) is 112 cm³/mol. The molecule has 4 rings (SSSR count). The van der Waals surface area contributed by atoms with Gasteiger partial charge in [-0.25, -0.2) is 0 Å². The van der Waals surface area contributed by atoms with Crippen LogP contribution in [-0.2, 0) is 9.53 Å². The van der Waals surface area contributed by atoms with Gasteiger partial charge in [-0.3, -0.25) is 14.9 Å². The molecule has 3 heterocycles. The molecule has 1 aromatic heterocycles.